The second kappa shape index (κ2) is 13.5. The van der Waals surface area contributed by atoms with E-state index in [4.69, 9.17) is 4.74 Å². The molecule has 8 heteroatoms. The van der Waals surface area contributed by atoms with Gasteiger partial charge in [-0.3, -0.25) is 4.99 Å². The predicted octanol–water partition coefficient (Wildman–Crippen LogP) is 1.83. The first-order valence-electron chi connectivity index (χ1n) is 8.11. The smallest absolute Gasteiger partial charge is 0.191 e. The molecule has 1 aromatic rings. The van der Waals surface area contributed by atoms with Crippen molar-refractivity contribution < 1.29 is 4.74 Å². The Morgan fingerprint density at radius 2 is 2.22 bits per heavy atom. The van der Waals surface area contributed by atoms with E-state index in [2.05, 4.69) is 51.2 Å². The van der Waals surface area contributed by atoms with Crippen molar-refractivity contribution in [3.05, 3.63) is 12.2 Å². The summed E-state index contributed by atoms with van der Waals surface area (Å²) in [6.07, 6.45) is 4.90. The Balaban J connectivity index is 0.00000484. The minimum atomic E-state index is 0. The number of guanidine groups is 1. The van der Waals surface area contributed by atoms with Crippen LogP contribution in [-0.4, -0.2) is 53.6 Å². The van der Waals surface area contributed by atoms with Gasteiger partial charge in [-0.15, -0.1) is 34.2 Å². The molecule has 0 aliphatic heterocycles. The van der Waals surface area contributed by atoms with Crippen molar-refractivity contribution in [1.82, 2.24) is 25.4 Å². The monoisotopic (exact) mass is 438 g/mol. The fraction of sp³-hybridized carbons (Fsp3) is 0.800. The van der Waals surface area contributed by atoms with Crippen LogP contribution >= 0.6 is 24.0 Å². The standard InChI is InChI=1S/C15H30N6O.HI/c1-5-7-8-16-15(19-13(3)11-22-4)17-9-10-21-12-18-20-14(21)6-2;/h12-13H,5-11H2,1-4H3,(H2,16,17,19);1H. The molecule has 0 aromatic carbocycles. The van der Waals surface area contributed by atoms with E-state index in [9.17, 15) is 0 Å². The average Bonchev–Trinajstić information content (AvgIpc) is 2.95. The molecule has 1 rings (SSSR count). The Kier molecular flexibility index (Phi) is 13.0. The molecule has 0 aliphatic carbocycles. The second-order valence-electron chi connectivity index (χ2n) is 5.31. The zero-order chi connectivity index (χ0) is 16.2. The molecular weight excluding hydrogens is 407 g/mol. The number of aliphatic imine (C=N–C) groups is 1. The molecule has 23 heavy (non-hydrogen) atoms. The van der Waals surface area contributed by atoms with Crippen molar-refractivity contribution in [3.63, 3.8) is 0 Å². The van der Waals surface area contributed by atoms with Crippen LogP contribution in [0.5, 0.6) is 0 Å². The van der Waals surface area contributed by atoms with E-state index in [1.165, 1.54) is 0 Å². The van der Waals surface area contributed by atoms with E-state index in [0.717, 1.165) is 50.7 Å². The summed E-state index contributed by atoms with van der Waals surface area (Å²) in [6, 6.07) is 0.221. The Morgan fingerprint density at radius 1 is 1.43 bits per heavy atom. The predicted molar refractivity (Wildman–Crippen MR) is 105 cm³/mol. The molecule has 0 saturated heterocycles. The summed E-state index contributed by atoms with van der Waals surface area (Å²) in [6.45, 7) is 9.42. The zero-order valence-electron chi connectivity index (χ0n) is 14.7. The molecule has 0 radical (unpaired) electrons. The minimum Gasteiger partial charge on any atom is -0.383 e. The van der Waals surface area contributed by atoms with Gasteiger partial charge in [-0.1, -0.05) is 20.3 Å². The zero-order valence-corrected chi connectivity index (χ0v) is 17.0. The Bertz CT molecular complexity index is 437. The lowest BCUT2D eigenvalue weighted by molar-refractivity contribution is 0.179. The van der Waals surface area contributed by atoms with Crippen LogP contribution in [0.2, 0.25) is 0 Å². The van der Waals surface area contributed by atoms with Gasteiger partial charge >= 0.3 is 0 Å². The van der Waals surface area contributed by atoms with Crippen LogP contribution in [0, 0.1) is 0 Å². The second-order valence-corrected chi connectivity index (χ2v) is 5.31. The third-order valence-electron chi connectivity index (χ3n) is 3.24. The first-order valence-corrected chi connectivity index (χ1v) is 8.11. The Morgan fingerprint density at radius 3 is 2.87 bits per heavy atom. The number of ether oxygens (including phenoxy) is 1. The molecule has 0 aliphatic rings. The van der Waals surface area contributed by atoms with E-state index in [1.807, 2.05) is 0 Å². The van der Waals surface area contributed by atoms with E-state index in [-0.39, 0.29) is 30.0 Å². The summed E-state index contributed by atoms with van der Waals surface area (Å²) in [5.74, 6) is 1.84. The normalized spacial score (nSPS) is 12.6. The number of halogens is 1. The van der Waals surface area contributed by atoms with Crippen molar-refractivity contribution in [2.75, 3.05) is 26.8 Å². The van der Waals surface area contributed by atoms with Crippen molar-refractivity contribution in [2.45, 2.75) is 52.6 Å². The van der Waals surface area contributed by atoms with Gasteiger partial charge in [0.2, 0.25) is 0 Å². The molecule has 1 heterocycles. The number of nitrogens with zero attached hydrogens (tertiary/aromatic N) is 4. The van der Waals surface area contributed by atoms with E-state index in [0.29, 0.717) is 6.61 Å². The lowest BCUT2D eigenvalue weighted by Gasteiger charge is -2.18. The van der Waals surface area contributed by atoms with E-state index >= 15 is 0 Å². The van der Waals surface area contributed by atoms with Gasteiger partial charge in [0, 0.05) is 39.2 Å². The molecule has 2 N–H and O–H groups in total. The summed E-state index contributed by atoms with van der Waals surface area (Å²) in [7, 11) is 1.71. The largest absolute Gasteiger partial charge is 0.383 e. The SMILES string of the molecule is CCCCN=C(NCCn1cnnc1CC)NC(C)COC.I. The number of nitrogens with one attached hydrogen (secondary N) is 2. The van der Waals surface area contributed by atoms with Crippen LogP contribution in [0.1, 0.15) is 39.4 Å². The summed E-state index contributed by atoms with van der Waals surface area (Å²) >= 11 is 0. The van der Waals surface area contributed by atoms with Crippen LogP contribution in [-0.2, 0) is 17.7 Å². The molecule has 1 aromatic heterocycles. The van der Waals surface area contributed by atoms with Crippen molar-refractivity contribution in [2.24, 2.45) is 4.99 Å². The molecule has 0 spiro atoms. The molecule has 0 fully saturated rings. The number of aromatic nitrogens is 3. The fourth-order valence-corrected chi connectivity index (χ4v) is 2.06. The third kappa shape index (κ3) is 9.09. The van der Waals surface area contributed by atoms with Gasteiger partial charge in [-0.05, 0) is 13.3 Å². The minimum absolute atomic E-state index is 0. The van der Waals surface area contributed by atoms with Crippen molar-refractivity contribution in [1.29, 1.82) is 0 Å². The van der Waals surface area contributed by atoms with Crippen LogP contribution in [0.25, 0.3) is 0 Å². The third-order valence-corrected chi connectivity index (χ3v) is 3.24. The highest BCUT2D eigenvalue weighted by Crippen LogP contribution is 1.95. The Labute approximate surface area is 156 Å². The number of hydrogen-bond donors (Lipinski definition) is 2. The summed E-state index contributed by atoms with van der Waals surface area (Å²) in [5.41, 5.74) is 0. The highest BCUT2D eigenvalue weighted by atomic mass is 127. The number of aryl methyl sites for hydroxylation is 1. The van der Waals surface area contributed by atoms with Crippen LogP contribution in [0.4, 0.5) is 0 Å². The van der Waals surface area contributed by atoms with Gasteiger partial charge in [0.05, 0.1) is 6.61 Å². The first-order chi connectivity index (χ1) is 10.7. The van der Waals surface area contributed by atoms with Crippen molar-refractivity contribution in [3.8, 4) is 0 Å². The average molecular weight is 438 g/mol. The number of rotatable bonds is 10. The summed E-state index contributed by atoms with van der Waals surface area (Å²) < 4.78 is 7.22. The van der Waals surface area contributed by atoms with Crippen LogP contribution < -0.4 is 10.6 Å². The highest BCUT2D eigenvalue weighted by molar-refractivity contribution is 14.0. The summed E-state index contributed by atoms with van der Waals surface area (Å²) in [5, 5.41) is 14.8. The number of methoxy groups -OCH3 is 1. The maximum atomic E-state index is 5.16. The molecule has 0 amide bonds. The van der Waals surface area contributed by atoms with E-state index in [1.54, 1.807) is 13.4 Å². The fourth-order valence-electron chi connectivity index (χ4n) is 2.06. The van der Waals surface area contributed by atoms with Gasteiger partial charge in [0.15, 0.2) is 5.96 Å². The lowest BCUT2D eigenvalue weighted by atomic mass is 10.3. The van der Waals surface area contributed by atoms with Gasteiger partial charge in [0.25, 0.3) is 0 Å². The van der Waals surface area contributed by atoms with Crippen LogP contribution in [0.3, 0.4) is 0 Å². The van der Waals surface area contributed by atoms with E-state index < -0.39 is 0 Å². The number of unbranched alkanes of at least 4 members (excludes halogenated alkanes) is 1. The van der Waals surface area contributed by atoms with Gasteiger partial charge in [-0.2, -0.15) is 0 Å². The van der Waals surface area contributed by atoms with Gasteiger partial charge in [0.1, 0.15) is 12.2 Å². The molecule has 1 unspecified atom stereocenters. The molecule has 7 nitrogen and oxygen atoms in total. The maximum Gasteiger partial charge on any atom is 0.191 e. The lowest BCUT2D eigenvalue weighted by Crippen LogP contribution is -2.45. The number of hydrogen-bond acceptors (Lipinski definition) is 4. The Hall–Kier alpha value is -0.900. The molecule has 134 valence electrons. The maximum absolute atomic E-state index is 5.16. The summed E-state index contributed by atoms with van der Waals surface area (Å²) in [4.78, 5) is 4.60. The quantitative estimate of drug-likeness (QED) is 0.252. The molecule has 1 atom stereocenters. The highest BCUT2D eigenvalue weighted by Gasteiger charge is 2.06. The van der Waals surface area contributed by atoms with Crippen molar-refractivity contribution >= 4 is 29.9 Å². The van der Waals surface area contributed by atoms with Gasteiger partial charge in [-0.25, -0.2) is 0 Å². The molecule has 0 bridgehead atoms. The molecular formula is C15H31IN6O. The van der Waals surface area contributed by atoms with Gasteiger partial charge < -0.3 is 19.9 Å². The first kappa shape index (κ1) is 22.1. The van der Waals surface area contributed by atoms with Crippen LogP contribution in [0.15, 0.2) is 11.3 Å². The topological polar surface area (TPSA) is 76.4 Å². The molecule has 0 saturated carbocycles.